The number of aliphatic hydroxyl groups excluding tert-OH is 2. The SMILES string of the molecule is CCOc1cc(-c2cccc(C(N)CCCO)n2)cc2c1cnn2-c1cccc(CO)n1. The third-order valence-corrected chi connectivity index (χ3v) is 5.24. The Kier molecular flexibility index (Phi) is 6.75. The van der Waals surface area contributed by atoms with E-state index >= 15 is 0 Å². The lowest BCUT2D eigenvalue weighted by molar-refractivity contribution is 0.276. The quantitative estimate of drug-likeness (QED) is 0.371. The normalized spacial score (nSPS) is 12.2. The van der Waals surface area contributed by atoms with Crippen molar-refractivity contribution in [3.05, 3.63) is 66.1 Å². The summed E-state index contributed by atoms with van der Waals surface area (Å²) in [5, 5.41) is 23.9. The monoisotopic (exact) mass is 433 g/mol. The van der Waals surface area contributed by atoms with E-state index in [0.717, 1.165) is 27.9 Å². The Morgan fingerprint density at radius 1 is 1.09 bits per heavy atom. The van der Waals surface area contributed by atoms with E-state index in [0.29, 0.717) is 36.7 Å². The number of aliphatic hydroxyl groups is 2. The van der Waals surface area contributed by atoms with Crippen molar-refractivity contribution < 1.29 is 14.9 Å². The minimum atomic E-state index is -0.242. The molecule has 4 rings (SSSR count). The maximum atomic E-state index is 9.46. The highest BCUT2D eigenvalue weighted by Crippen LogP contribution is 2.33. The van der Waals surface area contributed by atoms with Crippen molar-refractivity contribution in [1.82, 2.24) is 19.7 Å². The number of hydrogen-bond acceptors (Lipinski definition) is 7. The summed E-state index contributed by atoms with van der Waals surface area (Å²) >= 11 is 0. The summed E-state index contributed by atoms with van der Waals surface area (Å²) in [5.74, 6) is 1.32. The molecule has 1 unspecified atom stereocenters. The van der Waals surface area contributed by atoms with E-state index in [9.17, 15) is 5.11 Å². The zero-order valence-corrected chi connectivity index (χ0v) is 18.0. The van der Waals surface area contributed by atoms with Crippen LogP contribution in [0.5, 0.6) is 5.75 Å². The van der Waals surface area contributed by atoms with Crippen LogP contribution in [0.2, 0.25) is 0 Å². The Morgan fingerprint density at radius 3 is 2.72 bits per heavy atom. The summed E-state index contributed by atoms with van der Waals surface area (Å²) in [4.78, 5) is 9.26. The van der Waals surface area contributed by atoms with Gasteiger partial charge in [0.2, 0.25) is 0 Å². The second-order valence-corrected chi connectivity index (χ2v) is 7.46. The largest absolute Gasteiger partial charge is 0.493 e. The average Bonchev–Trinajstić information content (AvgIpc) is 3.27. The summed E-state index contributed by atoms with van der Waals surface area (Å²) in [6.07, 6.45) is 3.05. The van der Waals surface area contributed by atoms with Gasteiger partial charge in [0, 0.05) is 18.2 Å². The van der Waals surface area contributed by atoms with Crippen LogP contribution in [0.25, 0.3) is 28.0 Å². The Balaban J connectivity index is 1.82. The second kappa shape index (κ2) is 9.86. The van der Waals surface area contributed by atoms with Gasteiger partial charge in [0.05, 0.1) is 47.4 Å². The van der Waals surface area contributed by atoms with Crippen LogP contribution in [0.1, 0.15) is 37.2 Å². The molecule has 0 spiro atoms. The predicted molar refractivity (Wildman–Crippen MR) is 122 cm³/mol. The van der Waals surface area contributed by atoms with Crippen LogP contribution in [0.4, 0.5) is 0 Å². The fourth-order valence-electron chi connectivity index (χ4n) is 3.65. The first kappa shape index (κ1) is 21.9. The van der Waals surface area contributed by atoms with Crippen molar-refractivity contribution >= 4 is 10.9 Å². The van der Waals surface area contributed by atoms with Gasteiger partial charge in [0.1, 0.15) is 5.75 Å². The van der Waals surface area contributed by atoms with Gasteiger partial charge in [-0.25, -0.2) is 9.67 Å². The molecule has 8 heteroatoms. The van der Waals surface area contributed by atoms with E-state index < -0.39 is 0 Å². The topological polar surface area (TPSA) is 119 Å². The first-order valence-corrected chi connectivity index (χ1v) is 10.7. The molecule has 3 aromatic heterocycles. The molecule has 0 bridgehead atoms. The van der Waals surface area contributed by atoms with Gasteiger partial charge >= 0.3 is 0 Å². The molecule has 1 atom stereocenters. The van der Waals surface area contributed by atoms with Crippen molar-refractivity contribution in [3.63, 3.8) is 0 Å². The molecule has 3 heterocycles. The molecule has 0 amide bonds. The Morgan fingerprint density at radius 2 is 1.94 bits per heavy atom. The molecule has 0 aliphatic carbocycles. The fourth-order valence-corrected chi connectivity index (χ4v) is 3.65. The van der Waals surface area contributed by atoms with Gasteiger partial charge in [0.15, 0.2) is 5.82 Å². The van der Waals surface area contributed by atoms with Crippen molar-refractivity contribution in [2.45, 2.75) is 32.4 Å². The number of aromatic nitrogens is 4. The maximum Gasteiger partial charge on any atom is 0.154 e. The molecule has 4 N–H and O–H groups in total. The summed E-state index contributed by atoms with van der Waals surface area (Å²) in [7, 11) is 0. The number of ether oxygens (including phenoxy) is 1. The zero-order valence-electron chi connectivity index (χ0n) is 18.0. The van der Waals surface area contributed by atoms with Crippen LogP contribution in [0, 0.1) is 0 Å². The highest BCUT2D eigenvalue weighted by molar-refractivity contribution is 5.90. The molecular formula is C24H27N5O3. The van der Waals surface area contributed by atoms with Crippen LogP contribution in [-0.4, -0.2) is 43.2 Å². The van der Waals surface area contributed by atoms with Crippen LogP contribution in [0.15, 0.2) is 54.7 Å². The molecule has 0 radical (unpaired) electrons. The number of fused-ring (bicyclic) bond motifs is 1. The lowest BCUT2D eigenvalue weighted by atomic mass is 10.0. The van der Waals surface area contributed by atoms with Crippen LogP contribution in [-0.2, 0) is 6.61 Å². The first-order chi connectivity index (χ1) is 15.6. The highest BCUT2D eigenvalue weighted by Gasteiger charge is 2.15. The molecule has 166 valence electrons. The molecule has 0 saturated heterocycles. The van der Waals surface area contributed by atoms with Crippen LogP contribution >= 0.6 is 0 Å². The van der Waals surface area contributed by atoms with E-state index in [1.165, 1.54) is 0 Å². The fraction of sp³-hybridized carbons (Fsp3) is 0.292. The van der Waals surface area contributed by atoms with Gasteiger partial charge in [-0.15, -0.1) is 0 Å². The van der Waals surface area contributed by atoms with E-state index in [4.69, 9.17) is 20.6 Å². The molecule has 0 aliphatic heterocycles. The summed E-state index contributed by atoms with van der Waals surface area (Å²) in [5.41, 5.74) is 10.1. The number of rotatable bonds is 9. The van der Waals surface area contributed by atoms with Crippen LogP contribution < -0.4 is 10.5 Å². The van der Waals surface area contributed by atoms with E-state index in [2.05, 4.69) is 10.1 Å². The van der Waals surface area contributed by atoms with Gasteiger partial charge in [-0.2, -0.15) is 5.10 Å². The Labute approximate surface area is 186 Å². The summed E-state index contributed by atoms with van der Waals surface area (Å²) in [6.45, 7) is 2.42. The van der Waals surface area contributed by atoms with Crippen molar-refractivity contribution in [2.24, 2.45) is 5.73 Å². The number of nitrogens with two attached hydrogens (primary N) is 1. The third-order valence-electron chi connectivity index (χ3n) is 5.24. The molecule has 1 aromatic carbocycles. The summed E-state index contributed by atoms with van der Waals surface area (Å²) in [6, 6.07) is 14.9. The van der Waals surface area contributed by atoms with E-state index in [-0.39, 0.29) is 19.3 Å². The van der Waals surface area contributed by atoms with E-state index in [1.54, 1.807) is 16.9 Å². The average molecular weight is 434 g/mol. The minimum absolute atomic E-state index is 0.108. The third kappa shape index (κ3) is 4.47. The lowest BCUT2D eigenvalue weighted by Crippen LogP contribution is -2.12. The molecule has 0 saturated carbocycles. The second-order valence-electron chi connectivity index (χ2n) is 7.46. The standard InChI is InChI=1S/C24H27N5O3/c1-2-32-23-13-16(20-8-4-9-21(28-20)19(25)7-5-11-30)12-22-18(23)14-26-29(22)24-10-3-6-17(15-31)27-24/h3-4,6,8-10,12-14,19,30-31H,2,5,7,11,15,25H2,1H3. The number of benzene rings is 1. The Hall–Kier alpha value is -3.33. The smallest absolute Gasteiger partial charge is 0.154 e. The van der Waals surface area contributed by atoms with Crippen molar-refractivity contribution in [1.29, 1.82) is 0 Å². The lowest BCUT2D eigenvalue weighted by Gasteiger charge is -2.13. The molecule has 4 aromatic rings. The van der Waals surface area contributed by atoms with Gasteiger partial charge in [0.25, 0.3) is 0 Å². The van der Waals surface area contributed by atoms with Gasteiger partial charge in [-0.3, -0.25) is 4.98 Å². The number of nitrogens with zero attached hydrogens (tertiary/aromatic N) is 4. The highest BCUT2D eigenvalue weighted by atomic mass is 16.5. The predicted octanol–water partition coefficient (Wildman–Crippen LogP) is 3.15. The molecule has 8 nitrogen and oxygen atoms in total. The maximum absolute atomic E-state index is 9.46. The first-order valence-electron chi connectivity index (χ1n) is 10.7. The molecule has 0 fully saturated rings. The van der Waals surface area contributed by atoms with Gasteiger partial charge in [-0.1, -0.05) is 12.1 Å². The van der Waals surface area contributed by atoms with Crippen LogP contribution in [0.3, 0.4) is 0 Å². The van der Waals surface area contributed by atoms with Gasteiger partial charge in [-0.05, 0) is 56.2 Å². The molecule has 32 heavy (non-hydrogen) atoms. The Bertz CT molecular complexity index is 1210. The number of hydrogen-bond donors (Lipinski definition) is 3. The van der Waals surface area contributed by atoms with Crippen molar-refractivity contribution in [3.8, 4) is 22.8 Å². The number of pyridine rings is 2. The summed E-state index contributed by atoms with van der Waals surface area (Å²) < 4.78 is 7.65. The zero-order chi connectivity index (χ0) is 22.5. The molecule has 0 aliphatic rings. The van der Waals surface area contributed by atoms with Crippen molar-refractivity contribution in [2.75, 3.05) is 13.2 Å². The van der Waals surface area contributed by atoms with E-state index in [1.807, 2.05) is 49.4 Å². The minimum Gasteiger partial charge on any atom is -0.493 e. The van der Waals surface area contributed by atoms with Gasteiger partial charge < -0.3 is 20.7 Å². The molecular weight excluding hydrogens is 406 g/mol.